The molecule has 5 nitrogen and oxygen atoms in total. The van der Waals surface area contributed by atoms with Gasteiger partial charge in [0.15, 0.2) is 4.34 Å². The first-order valence-electron chi connectivity index (χ1n) is 6.50. The molecule has 1 heterocycles. The number of nitrogens with two attached hydrogens (primary N) is 1. The Balaban J connectivity index is 1.74. The third-order valence-corrected chi connectivity index (χ3v) is 5.26. The molecule has 0 aliphatic heterocycles. The monoisotopic (exact) mass is 300 g/mol. The molecule has 1 saturated carbocycles. The summed E-state index contributed by atoms with van der Waals surface area (Å²) in [6.45, 7) is 3.86. The van der Waals surface area contributed by atoms with Crippen LogP contribution in [0.3, 0.4) is 0 Å². The van der Waals surface area contributed by atoms with Crippen LogP contribution in [0, 0.1) is 6.92 Å². The number of carbonyl (C=O) groups is 1. The van der Waals surface area contributed by atoms with E-state index in [2.05, 4.69) is 15.5 Å². The zero-order valence-corrected chi connectivity index (χ0v) is 12.9. The highest BCUT2D eigenvalue weighted by Crippen LogP contribution is 2.27. The van der Waals surface area contributed by atoms with Crippen molar-refractivity contribution in [3.8, 4) is 0 Å². The fourth-order valence-electron chi connectivity index (χ4n) is 1.87. The predicted molar refractivity (Wildman–Crippen MR) is 78.4 cm³/mol. The highest BCUT2D eigenvalue weighted by Gasteiger charge is 2.36. The average Bonchev–Trinajstić information content (AvgIpc) is 3.05. The number of hydrogen-bond donors (Lipinski definition) is 2. The molecule has 1 fully saturated rings. The third-order valence-electron chi connectivity index (χ3n) is 3.20. The number of aromatic nitrogens is 2. The van der Waals surface area contributed by atoms with Crippen LogP contribution in [-0.4, -0.2) is 33.4 Å². The molecule has 1 amide bonds. The fraction of sp³-hybridized carbons (Fsp3) is 0.750. The molecule has 1 aromatic rings. The van der Waals surface area contributed by atoms with Gasteiger partial charge in [0, 0.05) is 11.8 Å². The van der Waals surface area contributed by atoms with Gasteiger partial charge in [0.2, 0.25) is 5.91 Å². The van der Waals surface area contributed by atoms with Crippen LogP contribution in [0.15, 0.2) is 4.34 Å². The number of rotatable bonds is 8. The SMILES string of the molecule is Cc1nnc(SCCCC(C)(NC2CC2)C(N)=O)s1. The van der Waals surface area contributed by atoms with Gasteiger partial charge in [0.05, 0.1) is 5.54 Å². The molecule has 1 aromatic heterocycles. The summed E-state index contributed by atoms with van der Waals surface area (Å²) in [5, 5.41) is 12.4. The number of hydrogen-bond acceptors (Lipinski definition) is 6. The van der Waals surface area contributed by atoms with Gasteiger partial charge in [0.1, 0.15) is 5.01 Å². The second-order valence-electron chi connectivity index (χ2n) is 5.15. The molecule has 3 N–H and O–H groups in total. The first kappa shape index (κ1) is 14.7. The van der Waals surface area contributed by atoms with Gasteiger partial charge >= 0.3 is 0 Å². The van der Waals surface area contributed by atoms with E-state index >= 15 is 0 Å². The molecule has 19 heavy (non-hydrogen) atoms. The largest absolute Gasteiger partial charge is 0.368 e. The Hall–Kier alpha value is -0.660. The van der Waals surface area contributed by atoms with E-state index in [0.717, 1.165) is 40.8 Å². The van der Waals surface area contributed by atoms with Crippen LogP contribution in [0.5, 0.6) is 0 Å². The van der Waals surface area contributed by atoms with E-state index in [-0.39, 0.29) is 5.91 Å². The van der Waals surface area contributed by atoms with Crippen molar-refractivity contribution in [3.05, 3.63) is 5.01 Å². The molecule has 7 heteroatoms. The summed E-state index contributed by atoms with van der Waals surface area (Å²) in [6.07, 6.45) is 4.01. The number of amides is 1. The van der Waals surface area contributed by atoms with Gasteiger partial charge in [0.25, 0.3) is 0 Å². The van der Waals surface area contributed by atoms with Crippen LogP contribution in [0.1, 0.15) is 37.6 Å². The molecule has 1 atom stereocenters. The van der Waals surface area contributed by atoms with Crippen LogP contribution in [0.25, 0.3) is 0 Å². The van der Waals surface area contributed by atoms with Crippen LogP contribution < -0.4 is 11.1 Å². The minimum atomic E-state index is -0.571. The van der Waals surface area contributed by atoms with Crippen molar-refractivity contribution < 1.29 is 4.79 Å². The normalized spacial score (nSPS) is 18.2. The summed E-state index contributed by atoms with van der Waals surface area (Å²) in [5.41, 5.74) is 4.94. The molecule has 1 unspecified atom stereocenters. The maximum atomic E-state index is 11.6. The molecular formula is C12H20N4OS2. The molecular weight excluding hydrogens is 280 g/mol. The highest BCUT2D eigenvalue weighted by atomic mass is 32.2. The Morgan fingerprint density at radius 1 is 1.58 bits per heavy atom. The molecule has 0 aromatic carbocycles. The molecule has 2 rings (SSSR count). The zero-order chi connectivity index (χ0) is 13.9. The van der Waals surface area contributed by atoms with Gasteiger partial charge < -0.3 is 11.1 Å². The quantitative estimate of drug-likeness (QED) is 0.564. The minimum Gasteiger partial charge on any atom is -0.368 e. The Labute approximate surface area is 121 Å². The molecule has 106 valence electrons. The van der Waals surface area contributed by atoms with Gasteiger partial charge in [-0.1, -0.05) is 23.1 Å². The first-order valence-corrected chi connectivity index (χ1v) is 8.30. The molecule has 1 aliphatic carbocycles. The maximum Gasteiger partial charge on any atom is 0.237 e. The molecule has 0 bridgehead atoms. The second-order valence-corrected chi connectivity index (χ2v) is 7.68. The summed E-state index contributed by atoms with van der Waals surface area (Å²) < 4.78 is 0.994. The van der Waals surface area contributed by atoms with Crippen LogP contribution in [0.2, 0.25) is 0 Å². The number of thioether (sulfide) groups is 1. The number of nitrogens with zero attached hydrogens (tertiary/aromatic N) is 2. The molecule has 0 spiro atoms. The van der Waals surface area contributed by atoms with Gasteiger partial charge in [-0.3, -0.25) is 4.79 Å². The van der Waals surface area contributed by atoms with Crippen LogP contribution in [-0.2, 0) is 4.79 Å². The Bertz CT molecular complexity index is 447. The molecule has 1 aliphatic rings. The van der Waals surface area contributed by atoms with Crippen molar-refractivity contribution in [2.24, 2.45) is 5.73 Å². The zero-order valence-electron chi connectivity index (χ0n) is 11.3. The average molecular weight is 300 g/mol. The van der Waals surface area contributed by atoms with Crippen molar-refractivity contribution in [1.29, 1.82) is 0 Å². The maximum absolute atomic E-state index is 11.6. The van der Waals surface area contributed by atoms with Crippen molar-refractivity contribution in [3.63, 3.8) is 0 Å². The summed E-state index contributed by atoms with van der Waals surface area (Å²) in [5.74, 6) is 0.681. The lowest BCUT2D eigenvalue weighted by atomic mass is 9.95. The van der Waals surface area contributed by atoms with Crippen molar-refractivity contribution >= 4 is 29.0 Å². The Morgan fingerprint density at radius 3 is 2.84 bits per heavy atom. The lowest BCUT2D eigenvalue weighted by Crippen LogP contribution is -2.54. The van der Waals surface area contributed by atoms with Gasteiger partial charge in [-0.2, -0.15) is 0 Å². The van der Waals surface area contributed by atoms with Gasteiger partial charge in [-0.25, -0.2) is 0 Å². The fourth-order valence-corrected chi connectivity index (χ4v) is 3.69. The topological polar surface area (TPSA) is 80.9 Å². The van der Waals surface area contributed by atoms with E-state index < -0.39 is 5.54 Å². The number of carbonyl (C=O) groups excluding carboxylic acids is 1. The van der Waals surface area contributed by atoms with Crippen molar-refractivity contribution in [2.75, 3.05) is 5.75 Å². The Morgan fingerprint density at radius 2 is 2.32 bits per heavy atom. The van der Waals surface area contributed by atoms with E-state index in [0.29, 0.717) is 6.04 Å². The van der Waals surface area contributed by atoms with Crippen LogP contribution in [0.4, 0.5) is 0 Å². The number of primary amides is 1. The van der Waals surface area contributed by atoms with Gasteiger partial charge in [-0.15, -0.1) is 10.2 Å². The van der Waals surface area contributed by atoms with E-state index in [1.54, 1.807) is 23.1 Å². The molecule has 0 radical (unpaired) electrons. The third kappa shape index (κ3) is 4.43. The summed E-state index contributed by atoms with van der Waals surface area (Å²) in [6, 6.07) is 0.482. The summed E-state index contributed by atoms with van der Waals surface area (Å²) in [7, 11) is 0. The summed E-state index contributed by atoms with van der Waals surface area (Å²) >= 11 is 3.30. The Kier molecular flexibility index (Phi) is 4.81. The van der Waals surface area contributed by atoms with E-state index in [1.807, 2.05) is 13.8 Å². The van der Waals surface area contributed by atoms with Crippen molar-refractivity contribution in [2.45, 2.75) is 55.5 Å². The number of aryl methyl sites for hydroxylation is 1. The number of nitrogens with one attached hydrogen (secondary N) is 1. The van der Waals surface area contributed by atoms with E-state index in [1.165, 1.54) is 0 Å². The van der Waals surface area contributed by atoms with Crippen LogP contribution >= 0.6 is 23.1 Å². The minimum absolute atomic E-state index is 0.254. The highest BCUT2D eigenvalue weighted by molar-refractivity contribution is 8.01. The molecule has 0 saturated heterocycles. The van der Waals surface area contributed by atoms with E-state index in [9.17, 15) is 4.79 Å². The summed E-state index contributed by atoms with van der Waals surface area (Å²) in [4.78, 5) is 11.6. The lowest BCUT2D eigenvalue weighted by molar-refractivity contribution is -0.124. The smallest absolute Gasteiger partial charge is 0.237 e. The van der Waals surface area contributed by atoms with Crippen molar-refractivity contribution in [1.82, 2.24) is 15.5 Å². The first-order chi connectivity index (χ1) is 8.99. The predicted octanol–water partition coefficient (Wildman–Crippen LogP) is 1.71. The lowest BCUT2D eigenvalue weighted by Gasteiger charge is -2.27. The van der Waals surface area contributed by atoms with Gasteiger partial charge in [-0.05, 0) is 39.5 Å². The second kappa shape index (κ2) is 6.19. The standard InChI is InChI=1S/C12H20N4OS2/c1-8-15-16-11(19-8)18-7-3-6-12(2,10(13)17)14-9-4-5-9/h9,14H,3-7H2,1-2H3,(H2,13,17). The van der Waals surface area contributed by atoms with E-state index in [4.69, 9.17) is 5.73 Å².